The summed E-state index contributed by atoms with van der Waals surface area (Å²) < 4.78 is 4.86. The summed E-state index contributed by atoms with van der Waals surface area (Å²) in [7, 11) is 0.166. The van der Waals surface area contributed by atoms with Crippen LogP contribution >= 0.6 is 0 Å². The zero-order valence-electron chi connectivity index (χ0n) is 39.5. The molecule has 13 rings (SSSR count). The van der Waals surface area contributed by atoms with Crippen molar-refractivity contribution < 1.29 is 0 Å². The summed E-state index contributed by atoms with van der Waals surface area (Å²) in [5.74, 6) is 0. The van der Waals surface area contributed by atoms with Crippen LogP contribution in [0, 0.1) is 0 Å². The molecule has 0 saturated heterocycles. The van der Waals surface area contributed by atoms with Gasteiger partial charge in [0.25, 0.3) is 0 Å². The van der Waals surface area contributed by atoms with Crippen LogP contribution in [0.2, 0.25) is 0 Å². The zero-order valence-corrected chi connectivity index (χ0v) is 40.3. The molecule has 0 N–H and O–H groups in total. The molecular formula is C66H49N4S+. The van der Waals surface area contributed by atoms with Crippen molar-refractivity contribution in [1.29, 1.82) is 0 Å². The Morgan fingerprint density at radius 1 is 0.282 bits per heavy atom. The largest absolute Gasteiger partial charge is 0.310 e. The fraction of sp³-hybridized carbons (Fsp3) is 0.0303. The number of anilines is 6. The molecule has 338 valence electrons. The van der Waals surface area contributed by atoms with Crippen LogP contribution < -0.4 is 9.80 Å². The first-order chi connectivity index (χ1) is 35.0. The summed E-state index contributed by atoms with van der Waals surface area (Å²) >= 11 is 0. The Bertz CT molecular complexity index is 4080. The average Bonchev–Trinajstić information content (AvgIpc) is 3.95. The van der Waals surface area contributed by atoms with E-state index >= 15 is 0 Å². The molecule has 0 spiro atoms. The standard InChI is InChI=1S/C66H49N4S/c1-71(2)58-38-34-52(35-39-58)67(51-31-28-48(29-32-51)46-16-5-3-6-17-46)56-36-40-65-61(44-56)59-24-11-13-26-63(59)69(65)53-22-15-23-54(43-53)70-64-27-14-12-25-60(64)62-45-57(37-41-66(62)70)68(50-20-7-4-8-21-50)55-33-30-47-18-9-10-19-49(47)42-55/h3-45H,1-2H3/q+1. The number of aromatic nitrogens is 2. The Kier molecular flexibility index (Phi) is 10.5. The first kappa shape index (κ1) is 42.3. The van der Waals surface area contributed by atoms with Crippen molar-refractivity contribution in [3.63, 3.8) is 0 Å². The van der Waals surface area contributed by atoms with Gasteiger partial charge >= 0.3 is 0 Å². The first-order valence-corrected chi connectivity index (χ1v) is 26.2. The maximum absolute atomic E-state index is 2.43. The molecule has 2 aromatic heterocycles. The third kappa shape index (κ3) is 7.50. The molecule has 0 saturated carbocycles. The molecule has 13 aromatic rings. The lowest BCUT2D eigenvalue weighted by molar-refractivity contribution is 1.13. The SMILES string of the molecule is C[S+](C)c1ccc(N(c2ccc(-c3ccccc3)cc2)c2ccc3c(c2)c2ccccc2n3-c2cccc(-n3c4ccccc4c4cc(N(c5ccccc5)c5ccc6ccccc6c5)ccc43)c2)cc1. The van der Waals surface area contributed by atoms with Crippen molar-refractivity contribution in [2.75, 3.05) is 22.3 Å². The van der Waals surface area contributed by atoms with Crippen molar-refractivity contribution >= 4 is 99.4 Å². The predicted octanol–water partition coefficient (Wildman–Crippen LogP) is 17.9. The second-order valence-electron chi connectivity index (χ2n) is 18.4. The van der Waals surface area contributed by atoms with Gasteiger partial charge in [0.15, 0.2) is 4.90 Å². The van der Waals surface area contributed by atoms with E-state index in [1.54, 1.807) is 0 Å². The summed E-state index contributed by atoms with van der Waals surface area (Å²) in [6, 6.07) is 95.3. The molecule has 0 aliphatic heterocycles. The topological polar surface area (TPSA) is 16.3 Å². The third-order valence-corrected chi connectivity index (χ3v) is 15.2. The van der Waals surface area contributed by atoms with Gasteiger partial charge in [0.2, 0.25) is 0 Å². The van der Waals surface area contributed by atoms with E-state index in [-0.39, 0.29) is 10.9 Å². The molecular weight excluding hydrogens is 881 g/mol. The number of nitrogens with zero attached hydrogens (tertiary/aromatic N) is 4. The lowest BCUT2D eigenvalue weighted by atomic mass is 10.0. The molecule has 0 fully saturated rings. The highest BCUT2D eigenvalue weighted by molar-refractivity contribution is 7.95. The van der Waals surface area contributed by atoms with E-state index in [1.165, 1.54) is 59.4 Å². The molecule has 0 bridgehead atoms. The zero-order chi connectivity index (χ0) is 47.4. The second-order valence-corrected chi connectivity index (χ2v) is 20.5. The van der Waals surface area contributed by atoms with E-state index in [4.69, 9.17) is 0 Å². The average molecular weight is 930 g/mol. The van der Waals surface area contributed by atoms with Gasteiger partial charge in [0, 0.05) is 77.9 Å². The van der Waals surface area contributed by atoms with E-state index in [0.717, 1.165) is 56.5 Å². The predicted molar refractivity (Wildman–Crippen MR) is 305 cm³/mol. The number of benzene rings is 11. The van der Waals surface area contributed by atoms with Gasteiger partial charge in [-0.3, -0.25) is 0 Å². The van der Waals surface area contributed by atoms with E-state index in [2.05, 4.69) is 292 Å². The molecule has 4 nitrogen and oxygen atoms in total. The van der Waals surface area contributed by atoms with Crippen molar-refractivity contribution in [2.24, 2.45) is 0 Å². The molecule has 0 radical (unpaired) electrons. The minimum atomic E-state index is 0.166. The Labute approximate surface area is 416 Å². The molecule has 0 aliphatic carbocycles. The minimum Gasteiger partial charge on any atom is -0.310 e. The van der Waals surface area contributed by atoms with Crippen LogP contribution in [-0.2, 0) is 10.9 Å². The van der Waals surface area contributed by atoms with Crippen LogP contribution in [0.15, 0.2) is 266 Å². The summed E-state index contributed by atoms with van der Waals surface area (Å²) in [5.41, 5.74) is 16.0. The van der Waals surface area contributed by atoms with Crippen molar-refractivity contribution in [3.05, 3.63) is 261 Å². The van der Waals surface area contributed by atoms with Gasteiger partial charge in [0.05, 0.1) is 22.1 Å². The highest BCUT2D eigenvalue weighted by Gasteiger charge is 2.21. The molecule has 0 amide bonds. The Morgan fingerprint density at radius 3 is 1.30 bits per heavy atom. The van der Waals surface area contributed by atoms with E-state index in [9.17, 15) is 0 Å². The van der Waals surface area contributed by atoms with Gasteiger partial charge in [-0.25, -0.2) is 0 Å². The van der Waals surface area contributed by atoms with Gasteiger partial charge in [-0.05, 0) is 149 Å². The molecule has 2 heterocycles. The molecule has 0 aliphatic rings. The van der Waals surface area contributed by atoms with E-state index < -0.39 is 0 Å². The summed E-state index contributed by atoms with van der Waals surface area (Å²) in [6.45, 7) is 0. The Hall–Kier alpha value is -8.77. The fourth-order valence-corrected chi connectivity index (χ4v) is 11.3. The quantitative estimate of drug-likeness (QED) is 0.127. The van der Waals surface area contributed by atoms with Crippen molar-refractivity contribution in [3.8, 4) is 22.5 Å². The fourth-order valence-electron chi connectivity index (χ4n) is 10.6. The van der Waals surface area contributed by atoms with Gasteiger partial charge in [-0.2, -0.15) is 0 Å². The van der Waals surface area contributed by atoms with Gasteiger partial charge < -0.3 is 18.9 Å². The smallest absolute Gasteiger partial charge is 0.154 e. The monoisotopic (exact) mass is 929 g/mol. The van der Waals surface area contributed by atoms with Crippen LogP contribution in [0.25, 0.3) is 76.9 Å². The first-order valence-electron chi connectivity index (χ1n) is 24.2. The number of hydrogen-bond donors (Lipinski definition) is 0. The highest BCUT2D eigenvalue weighted by Crippen LogP contribution is 2.43. The van der Waals surface area contributed by atoms with Gasteiger partial charge in [-0.15, -0.1) is 0 Å². The van der Waals surface area contributed by atoms with Crippen LogP contribution in [0.1, 0.15) is 0 Å². The van der Waals surface area contributed by atoms with Crippen LogP contribution in [0.5, 0.6) is 0 Å². The Balaban J connectivity index is 0.932. The molecule has 0 unspecified atom stereocenters. The van der Waals surface area contributed by atoms with Gasteiger partial charge in [0.1, 0.15) is 12.5 Å². The summed E-state index contributed by atoms with van der Waals surface area (Å²) in [5, 5.41) is 7.27. The third-order valence-electron chi connectivity index (χ3n) is 14.0. The molecule has 0 atom stereocenters. The maximum Gasteiger partial charge on any atom is 0.154 e. The number of fused-ring (bicyclic) bond motifs is 7. The molecule has 5 heteroatoms. The van der Waals surface area contributed by atoms with Crippen LogP contribution in [0.3, 0.4) is 0 Å². The number of para-hydroxylation sites is 3. The lowest BCUT2D eigenvalue weighted by Crippen LogP contribution is -2.10. The van der Waals surface area contributed by atoms with Crippen LogP contribution in [-0.4, -0.2) is 21.6 Å². The number of hydrogen-bond acceptors (Lipinski definition) is 2. The lowest BCUT2D eigenvalue weighted by Gasteiger charge is -2.26. The van der Waals surface area contributed by atoms with E-state index in [0.29, 0.717) is 0 Å². The Morgan fingerprint density at radius 2 is 0.704 bits per heavy atom. The maximum atomic E-state index is 2.43. The van der Waals surface area contributed by atoms with E-state index in [1.807, 2.05) is 0 Å². The summed E-state index contributed by atoms with van der Waals surface area (Å²) in [6.07, 6.45) is 4.56. The van der Waals surface area contributed by atoms with Crippen molar-refractivity contribution in [1.82, 2.24) is 9.13 Å². The normalized spacial score (nSPS) is 11.6. The molecule has 11 aromatic carbocycles. The molecule has 71 heavy (non-hydrogen) atoms. The van der Waals surface area contributed by atoms with Crippen LogP contribution in [0.4, 0.5) is 34.1 Å². The number of rotatable bonds is 10. The summed E-state index contributed by atoms with van der Waals surface area (Å²) in [4.78, 5) is 6.12. The van der Waals surface area contributed by atoms with Gasteiger partial charge in [-0.1, -0.05) is 133 Å². The highest BCUT2D eigenvalue weighted by atomic mass is 32.2. The minimum absolute atomic E-state index is 0.166. The van der Waals surface area contributed by atoms with Crippen molar-refractivity contribution in [2.45, 2.75) is 4.90 Å². The second kappa shape index (κ2) is 17.6.